The first kappa shape index (κ1) is 18.1. The molecule has 0 atom stereocenters. The van der Waals surface area contributed by atoms with Gasteiger partial charge in [-0.3, -0.25) is 9.59 Å². The van der Waals surface area contributed by atoms with E-state index in [-0.39, 0.29) is 23.3 Å². The summed E-state index contributed by atoms with van der Waals surface area (Å²) in [5, 5.41) is 24.3. The number of carbonyl (C=O) groups excluding carboxylic acids is 2. The molecule has 0 saturated carbocycles. The van der Waals surface area contributed by atoms with Crippen LogP contribution in [0.3, 0.4) is 0 Å². The molecule has 2 rings (SSSR count). The minimum absolute atomic E-state index is 0.0448. The van der Waals surface area contributed by atoms with Crippen LogP contribution in [0.5, 0.6) is 11.5 Å². The third-order valence-electron chi connectivity index (χ3n) is 3.40. The minimum atomic E-state index is -0.304. The highest BCUT2D eigenvalue weighted by atomic mass is 16.3. The molecule has 0 aliphatic carbocycles. The van der Waals surface area contributed by atoms with Crippen LogP contribution >= 0.6 is 0 Å². The van der Waals surface area contributed by atoms with Crippen molar-refractivity contribution in [2.75, 3.05) is 13.1 Å². The molecule has 0 bridgehead atoms. The maximum atomic E-state index is 11.8. The molecule has 0 aromatic heterocycles. The summed E-state index contributed by atoms with van der Waals surface area (Å²) < 4.78 is 0. The van der Waals surface area contributed by atoms with E-state index in [9.17, 15) is 19.8 Å². The predicted octanol–water partition coefficient (Wildman–Crippen LogP) is 2.05. The van der Waals surface area contributed by atoms with E-state index in [1.54, 1.807) is 24.3 Å². The van der Waals surface area contributed by atoms with Crippen LogP contribution in [0.1, 0.15) is 22.3 Å². The standard InChI is InChI=1S/C19H20N2O4/c22-16-9-7-14(17(23)13-16)8-10-18(24)20-11-4-12-21-19(25)15-5-2-1-3-6-15/h1-3,5-10,13,22-23H,4,11-12H2,(H,20,24)(H,21,25). The molecular formula is C19H20N2O4. The first-order valence-corrected chi connectivity index (χ1v) is 7.87. The van der Waals surface area contributed by atoms with Crippen molar-refractivity contribution in [3.05, 3.63) is 65.7 Å². The zero-order chi connectivity index (χ0) is 18.1. The number of nitrogens with one attached hydrogen (secondary N) is 2. The van der Waals surface area contributed by atoms with Crippen LogP contribution in [0, 0.1) is 0 Å². The first-order chi connectivity index (χ1) is 12.1. The topological polar surface area (TPSA) is 98.7 Å². The van der Waals surface area contributed by atoms with Crippen LogP contribution in [0.4, 0.5) is 0 Å². The monoisotopic (exact) mass is 340 g/mol. The molecule has 2 aromatic rings. The molecular weight excluding hydrogens is 320 g/mol. The minimum Gasteiger partial charge on any atom is -0.508 e. The second kappa shape index (κ2) is 9.12. The van der Waals surface area contributed by atoms with Crippen LogP contribution in [0.25, 0.3) is 6.08 Å². The van der Waals surface area contributed by atoms with E-state index in [1.165, 1.54) is 30.4 Å². The summed E-state index contributed by atoms with van der Waals surface area (Å²) in [7, 11) is 0. The van der Waals surface area contributed by atoms with Gasteiger partial charge in [-0.05, 0) is 36.8 Å². The van der Waals surface area contributed by atoms with Gasteiger partial charge in [0.2, 0.25) is 5.91 Å². The molecule has 0 aliphatic heterocycles. The number of phenols is 2. The Bertz CT molecular complexity index is 757. The zero-order valence-electron chi connectivity index (χ0n) is 13.6. The van der Waals surface area contributed by atoms with Gasteiger partial charge in [0.05, 0.1) is 0 Å². The number of amides is 2. The normalized spacial score (nSPS) is 10.6. The van der Waals surface area contributed by atoms with Gasteiger partial charge in [-0.15, -0.1) is 0 Å². The number of aromatic hydroxyl groups is 2. The van der Waals surface area contributed by atoms with Gasteiger partial charge >= 0.3 is 0 Å². The summed E-state index contributed by atoms with van der Waals surface area (Å²) in [6.45, 7) is 0.871. The smallest absolute Gasteiger partial charge is 0.251 e. The lowest BCUT2D eigenvalue weighted by Gasteiger charge is -2.05. The van der Waals surface area contributed by atoms with Gasteiger partial charge in [0.1, 0.15) is 11.5 Å². The molecule has 0 fully saturated rings. The van der Waals surface area contributed by atoms with E-state index in [0.717, 1.165) is 0 Å². The van der Waals surface area contributed by atoms with Crippen LogP contribution in [-0.4, -0.2) is 35.1 Å². The van der Waals surface area contributed by atoms with Crippen LogP contribution in [0.15, 0.2) is 54.6 Å². The van der Waals surface area contributed by atoms with E-state index in [1.807, 2.05) is 6.07 Å². The number of rotatable bonds is 7. The highest BCUT2D eigenvalue weighted by molar-refractivity contribution is 5.94. The van der Waals surface area contributed by atoms with Crippen LogP contribution in [0.2, 0.25) is 0 Å². The summed E-state index contributed by atoms with van der Waals surface area (Å²) in [6, 6.07) is 13.0. The molecule has 0 aliphatic rings. The number of phenolic OH excluding ortho intramolecular Hbond substituents is 2. The summed E-state index contributed by atoms with van der Waals surface area (Å²) in [6.07, 6.45) is 3.36. The van der Waals surface area contributed by atoms with Gasteiger partial charge in [0, 0.05) is 36.4 Å². The fourth-order valence-corrected chi connectivity index (χ4v) is 2.09. The number of hydrogen-bond donors (Lipinski definition) is 4. The van der Waals surface area contributed by atoms with Crippen molar-refractivity contribution in [2.45, 2.75) is 6.42 Å². The molecule has 0 radical (unpaired) electrons. The Morgan fingerprint density at radius 1 is 0.960 bits per heavy atom. The molecule has 0 saturated heterocycles. The van der Waals surface area contributed by atoms with E-state index < -0.39 is 0 Å². The van der Waals surface area contributed by atoms with Crippen molar-refractivity contribution in [3.63, 3.8) is 0 Å². The molecule has 0 heterocycles. The summed E-state index contributed by atoms with van der Waals surface area (Å²) in [4.78, 5) is 23.5. The Balaban J connectivity index is 1.67. The second-order valence-electron chi connectivity index (χ2n) is 5.34. The average molecular weight is 340 g/mol. The van der Waals surface area contributed by atoms with Gasteiger partial charge < -0.3 is 20.8 Å². The second-order valence-corrected chi connectivity index (χ2v) is 5.34. The molecule has 6 heteroatoms. The fraction of sp³-hybridized carbons (Fsp3) is 0.158. The number of benzene rings is 2. The van der Waals surface area contributed by atoms with Crippen molar-refractivity contribution in [1.82, 2.24) is 10.6 Å². The summed E-state index contributed by atoms with van der Waals surface area (Å²) in [5.74, 6) is -0.596. The third-order valence-corrected chi connectivity index (χ3v) is 3.40. The molecule has 0 spiro atoms. The zero-order valence-corrected chi connectivity index (χ0v) is 13.6. The van der Waals surface area contributed by atoms with Crippen molar-refractivity contribution in [3.8, 4) is 11.5 Å². The fourth-order valence-electron chi connectivity index (χ4n) is 2.09. The van der Waals surface area contributed by atoms with Crippen LogP contribution in [-0.2, 0) is 4.79 Å². The lowest BCUT2D eigenvalue weighted by Crippen LogP contribution is -2.29. The van der Waals surface area contributed by atoms with E-state index in [0.29, 0.717) is 30.6 Å². The number of hydrogen-bond acceptors (Lipinski definition) is 4. The molecule has 2 aromatic carbocycles. The van der Waals surface area contributed by atoms with Crippen LogP contribution < -0.4 is 10.6 Å². The third kappa shape index (κ3) is 6.02. The number of carbonyl (C=O) groups is 2. The van der Waals surface area contributed by atoms with E-state index in [4.69, 9.17) is 0 Å². The van der Waals surface area contributed by atoms with Crippen molar-refractivity contribution < 1.29 is 19.8 Å². The molecule has 130 valence electrons. The Hall–Kier alpha value is -3.28. The molecule has 4 N–H and O–H groups in total. The van der Waals surface area contributed by atoms with Gasteiger partial charge in [0.25, 0.3) is 5.91 Å². The predicted molar refractivity (Wildman–Crippen MR) is 95.2 cm³/mol. The van der Waals surface area contributed by atoms with E-state index in [2.05, 4.69) is 10.6 Å². The Morgan fingerprint density at radius 3 is 2.40 bits per heavy atom. The summed E-state index contributed by atoms with van der Waals surface area (Å²) in [5.41, 5.74) is 1.03. The molecule has 0 unspecified atom stereocenters. The lowest BCUT2D eigenvalue weighted by molar-refractivity contribution is -0.116. The maximum absolute atomic E-state index is 11.8. The van der Waals surface area contributed by atoms with Crippen molar-refractivity contribution >= 4 is 17.9 Å². The largest absolute Gasteiger partial charge is 0.508 e. The highest BCUT2D eigenvalue weighted by Gasteiger charge is 2.03. The average Bonchev–Trinajstić information content (AvgIpc) is 2.61. The van der Waals surface area contributed by atoms with Gasteiger partial charge in [-0.25, -0.2) is 0 Å². The summed E-state index contributed by atoms with van der Waals surface area (Å²) >= 11 is 0. The lowest BCUT2D eigenvalue weighted by atomic mass is 10.2. The Labute approximate surface area is 145 Å². The van der Waals surface area contributed by atoms with Crippen molar-refractivity contribution in [2.24, 2.45) is 0 Å². The van der Waals surface area contributed by atoms with E-state index >= 15 is 0 Å². The van der Waals surface area contributed by atoms with Crippen molar-refractivity contribution in [1.29, 1.82) is 0 Å². The first-order valence-electron chi connectivity index (χ1n) is 7.87. The Kier molecular flexibility index (Phi) is 6.59. The van der Waals surface area contributed by atoms with Gasteiger partial charge in [0.15, 0.2) is 0 Å². The molecule has 6 nitrogen and oxygen atoms in total. The Morgan fingerprint density at radius 2 is 1.68 bits per heavy atom. The molecule has 2 amide bonds. The maximum Gasteiger partial charge on any atom is 0.251 e. The SMILES string of the molecule is O=C(C=Cc1ccc(O)cc1O)NCCCNC(=O)c1ccccc1. The van der Waals surface area contributed by atoms with Gasteiger partial charge in [-0.1, -0.05) is 18.2 Å². The van der Waals surface area contributed by atoms with Gasteiger partial charge in [-0.2, -0.15) is 0 Å². The molecule has 25 heavy (non-hydrogen) atoms. The highest BCUT2D eigenvalue weighted by Crippen LogP contribution is 2.23. The quantitative estimate of drug-likeness (QED) is 0.458.